The Morgan fingerprint density at radius 2 is 2.11 bits per heavy atom. The highest BCUT2D eigenvalue weighted by Crippen LogP contribution is 2.25. The minimum Gasteiger partial charge on any atom is -0.509 e. The van der Waals surface area contributed by atoms with Gasteiger partial charge in [-0.3, -0.25) is 9.79 Å². The van der Waals surface area contributed by atoms with Gasteiger partial charge in [0.25, 0.3) is 5.91 Å². The van der Waals surface area contributed by atoms with Crippen LogP contribution in [0, 0.1) is 0 Å². The summed E-state index contributed by atoms with van der Waals surface area (Å²) in [4.78, 5) is 28.7. The van der Waals surface area contributed by atoms with Crippen LogP contribution in [0.15, 0.2) is 16.3 Å². The van der Waals surface area contributed by atoms with Gasteiger partial charge in [0.15, 0.2) is 0 Å². The molecule has 1 aliphatic heterocycles. The Balaban J connectivity index is 3.06. The molecule has 6 nitrogen and oxygen atoms in total. The first-order valence-corrected chi connectivity index (χ1v) is 5.90. The number of rotatable bonds is 3. The molecule has 18 heavy (non-hydrogen) atoms. The molecule has 1 heterocycles. The Bertz CT molecular complexity index is 426. The monoisotopic (exact) mass is 254 g/mol. The van der Waals surface area contributed by atoms with E-state index in [1.54, 1.807) is 20.8 Å². The third-order valence-electron chi connectivity index (χ3n) is 2.69. The van der Waals surface area contributed by atoms with Crippen LogP contribution in [0.4, 0.5) is 4.79 Å². The maximum atomic E-state index is 12.1. The van der Waals surface area contributed by atoms with Crippen LogP contribution in [0.5, 0.6) is 0 Å². The zero-order valence-corrected chi connectivity index (χ0v) is 11.1. The van der Waals surface area contributed by atoms with Gasteiger partial charge in [0.1, 0.15) is 11.3 Å². The predicted molar refractivity (Wildman–Crippen MR) is 66.6 cm³/mol. The van der Waals surface area contributed by atoms with Crippen molar-refractivity contribution in [2.75, 3.05) is 13.2 Å². The van der Waals surface area contributed by atoms with Gasteiger partial charge in [-0.25, -0.2) is 9.69 Å². The van der Waals surface area contributed by atoms with Crippen LogP contribution in [0.1, 0.15) is 27.7 Å². The van der Waals surface area contributed by atoms with Crippen LogP contribution < -0.4 is 0 Å². The van der Waals surface area contributed by atoms with Gasteiger partial charge in [0, 0.05) is 12.3 Å². The summed E-state index contributed by atoms with van der Waals surface area (Å²) in [5.41, 5.74) is 0.524. The molecule has 0 saturated carbocycles. The third-order valence-corrected chi connectivity index (χ3v) is 2.69. The highest BCUT2D eigenvalue weighted by atomic mass is 16.6. The number of hydrogen-bond donors (Lipinski definition) is 1. The van der Waals surface area contributed by atoms with Crippen molar-refractivity contribution in [3.63, 3.8) is 0 Å². The van der Waals surface area contributed by atoms with Crippen molar-refractivity contribution in [2.24, 2.45) is 4.99 Å². The van der Waals surface area contributed by atoms with E-state index in [2.05, 4.69) is 4.99 Å². The smallest absolute Gasteiger partial charge is 0.417 e. The van der Waals surface area contributed by atoms with Gasteiger partial charge in [-0.05, 0) is 27.7 Å². The van der Waals surface area contributed by atoms with E-state index in [1.807, 2.05) is 6.92 Å². The van der Waals surface area contributed by atoms with E-state index in [1.165, 1.54) is 0 Å². The number of carbonyl (C=O) groups is 2. The maximum Gasteiger partial charge on any atom is 0.417 e. The molecular weight excluding hydrogens is 236 g/mol. The van der Waals surface area contributed by atoms with Crippen molar-refractivity contribution in [1.82, 2.24) is 4.90 Å². The zero-order valence-electron chi connectivity index (χ0n) is 11.1. The van der Waals surface area contributed by atoms with E-state index in [4.69, 9.17) is 4.74 Å². The van der Waals surface area contributed by atoms with Crippen molar-refractivity contribution in [3.05, 3.63) is 11.3 Å². The molecule has 0 unspecified atom stereocenters. The standard InChI is InChI=1S/C12H18N2O4/c1-5-13-7(3)9-10(15)8(4)14(11(9)16)12(17)18-6-2/h8,15H,5-6H2,1-4H3/t8-/m0/s1. The van der Waals surface area contributed by atoms with Crippen LogP contribution in [-0.2, 0) is 9.53 Å². The Morgan fingerprint density at radius 1 is 1.50 bits per heavy atom. The van der Waals surface area contributed by atoms with E-state index in [9.17, 15) is 14.7 Å². The van der Waals surface area contributed by atoms with E-state index in [0.717, 1.165) is 4.90 Å². The topological polar surface area (TPSA) is 79.2 Å². The van der Waals surface area contributed by atoms with Crippen molar-refractivity contribution in [3.8, 4) is 0 Å². The fourth-order valence-corrected chi connectivity index (χ4v) is 1.83. The summed E-state index contributed by atoms with van der Waals surface area (Å²) < 4.78 is 4.79. The summed E-state index contributed by atoms with van der Waals surface area (Å²) in [5, 5.41) is 9.94. The largest absolute Gasteiger partial charge is 0.509 e. The second-order valence-electron chi connectivity index (χ2n) is 3.87. The minimum absolute atomic E-state index is 0.0948. The summed E-state index contributed by atoms with van der Waals surface area (Å²) in [7, 11) is 0. The number of aliphatic hydroxyl groups excluding tert-OH is 1. The number of aliphatic imine (C=N–C) groups is 1. The molecule has 0 aliphatic carbocycles. The lowest BCUT2D eigenvalue weighted by Gasteiger charge is -2.18. The summed E-state index contributed by atoms with van der Waals surface area (Å²) in [6.45, 7) is 7.36. The zero-order chi connectivity index (χ0) is 13.9. The summed E-state index contributed by atoms with van der Waals surface area (Å²) in [6, 6.07) is -0.714. The highest BCUT2D eigenvalue weighted by Gasteiger charge is 2.42. The van der Waals surface area contributed by atoms with Crippen molar-refractivity contribution in [2.45, 2.75) is 33.7 Å². The van der Waals surface area contributed by atoms with Gasteiger partial charge < -0.3 is 9.84 Å². The SMILES string of the molecule is CCN=C(C)C1=C(O)[C@H](C)N(C(=O)OCC)C1=O. The number of imide groups is 1. The van der Waals surface area contributed by atoms with Gasteiger partial charge >= 0.3 is 6.09 Å². The lowest BCUT2D eigenvalue weighted by atomic mass is 10.1. The molecule has 0 fully saturated rings. The second-order valence-corrected chi connectivity index (χ2v) is 3.87. The predicted octanol–water partition coefficient (Wildman–Crippen LogP) is 1.67. The first-order chi connectivity index (χ1) is 8.45. The molecule has 1 atom stereocenters. The minimum atomic E-state index is -0.749. The van der Waals surface area contributed by atoms with E-state index < -0.39 is 18.0 Å². The molecule has 100 valence electrons. The number of nitrogens with zero attached hydrogens (tertiary/aromatic N) is 2. The molecule has 2 amide bonds. The lowest BCUT2D eigenvalue weighted by molar-refractivity contribution is -0.124. The average molecular weight is 254 g/mol. The molecule has 1 N–H and O–H groups in total. The molecule has 1 aliphatic rings. The molecule has 0 aromatic heterocycles. The van der Waals surface area contributed by atoms with Gasteiger partial charge in [-0.1, -0.05) is 0 Å². The molecular formula is C12H18N2O4. The third kappa shape index (κ3) is 2.37. The Morgan fingerprint density at radius 3 is 2.61 bits per heavy atom. The normalized spacial score (nSPS) is 20.7. The Kier molecular flexibility index (Phi) is 4.47. The summed E-state index contributed by atoms with van der Waals surface area (Å²) in [6.07, 6.45) is -0.749. The van der Waals surface area contributed by atoms with Crippen LogP contribution in [0.2, 0.25) is 0 Å². The van der Waals surface area contributed by atoms with Crippen LogP contribution in [0.25, 0.3) is 0 Å². The Hall–Kier alpha value is -1.85. The number of carbonyl (C=O) groups excluding carboxylic acids is 2. The first kappa shape index (κ1) is 14.2. The summed E-state index contributed by atoms with van der Waals surface area (Å²) in [5.74, 6) is -0.698. The number of aliphatic hydroxyl groups is 1. The molecule has 0 aromatic carbocycles. The van der Waals surface area contributed by atoms with Gasteiger partial charge in [0.05, 0.1) is 12.6 Å². The fraction of sp³-hybridized carbons (Fsp3) is 0.583. The Labute approximate surface area is 106 Å². The molecule has 0 bridgehead atoms. The maximum absolute atomic E-state index is 12.1. The second kappa shape index (κ2) is 5.66. The first-order valence-electron chi connectivity index (χ1n) is 5.90. The van der Waals surface area contributed by atoms with Crippen LogP contribution >= 0.6 is 0 Å². The lowest BCUT2D eigenvalue weighted by Crippen LogP contribution is -2.40. The molecule has 0 radical (unpaired) electrons. The van der Waals surface area contributed by atoms with E-state index in [-0.39, 0.29) is 17.9 Å². The molecule has 0 aromatic rings. The van der Waals surface area contributed by atoms with Crippen molar-refractivity contribution >= 4 is 17.7 Å². The fourth-order valence-electron chi connectivity index (χ4n) is 1.83. The van der Waals surface area contributed by atoms with Crippen molar-refractivity contribution < 1.29 is 19.4 Å². The molecule has 0 spiro atoms. The molecule has 6 heteroatoms. The van der Waals surface area contributed by atoms with Gasteiger partial charge in [-0.15, -0.1) is 0 Å². The van der Waals surface area contributed by atoms with Crippen molar-refractivity contribution in [1.29, 1.82) is 0 Å². The van der Waals surface area contributed by atoms with Crippen LogP contribution in [0.3, 0.4) is 0 Å². The van der Waals surface area contributed by atoms with E-state index in [0.29, 0.717) is 12.3 Å². The van der Waals surface area contributed by atoms with Gasteiger partial charge in [0.2, 0.25) is 0 Å². The van der Waals surface area contributed by atoms with E-state index >= 15 is 0 Å². The summed E-state index contributed by atoms with van der Waals surface area (Å²) >= 11 is 0. The quantitative estimate of drug-likeness (QED) is 0.777. The number of hydrogen-bond acceptors (Lipinski definition) is 5. The van der Waals surface area contributed by atoms with Gasteiger partial charge in [-0.2, -0.15) is 0 Å². The van der Waals surface area contributed by atoms with Crippen LogP contribution in [-0.4, -0.2) is 46.9 Å². The number of amides is 2. The molecule has 0 saturated heterocycles. The highest BCUT2D eigenvalue weighted by molar-refractivity contribution is 6.25. The number of ether oxygens (including phenoxy) is 1. The average Bonchev–Trinajstić information content (AvgIpc) is 2.51. The molecule has 1 rings (SSSR count).